The molecule has 7 nitrogen and oxygen atoms in total. The van der Waals surface area contributed by atoms with E-state index < -0.39 is 15.9 Å². The van der Waals surface area contributed by atoms with Crippen LogP contribution in [-0.4, -0.2) is 45.5 Å². The quantitative estimate of drug-likeness (QED) is 0.590. The van der Waals surface area contributed by atoms with Crippen LogP contribution in [0.2, 0.25) is 0 Å². The Morgan fingerprint density at radius 2 is 1.77 bits per heavy atom. The number of methoxy groups -OCH3 is 1. The van der Waals surface area contributed by atoms with Crippen LogP contribution in [0.1, 0.15) is 11.1 Å². The molecule has 2 aromatic rings. The van der Waals surface area contributed by atoms with Crippen molar-refractivity contribution < 1.29 is 17.9 Å². The highest BCUT2D eigenvalue weighted by atomic mass is 32.2. The predicted molar refractivity (Wildman–Crippen MR) is 99.7 cm³/mol. The van der Waals surface area contributed by atoms with Crippen molar-refractivity contribution in [1.29, 1.82) is 0 Å². The summed E-state index contributed by atoms with van der Waals surface area (Å²) in [7, 11) is -0.943. The zero-order chi connectivity index (χ0) is 19.2. The van der Waals surface area contributed by atoms with E-state index in [-0.39, 0.29) is 11.4 Å². The number of carbonyl (C=O) groups is 1. The van der Waals surface area contributed by atoms with Crippen LogP contribution < -0.4 is 10.2 Å². The molecule has 0 spiro atoms. The van der Waals surface area contributed by atoms with Gasteiger partial charge in [0.25, 0.3) is 5.91 Å². The first kappa shape index (κ1) is 19.6. The number of hydrogen-bond donors (Lipinski definition) is 1. The van der Waals surface area contributed by atoms with E-state index in [0.29, 0.717) is 5.75 Å². The molecule has 2 rings (SSSR count). The van der Waals surface area contributed by atoms with Gasteiger partial charge in [0.1, 0.15) is 5.75 Å². The van der Waals surface area contributed by atoms with E-state index in [9.17, 15) is 13.2 Å². The highest BCUT2D eigenvalue weighted by molar-refractivity contribution is 7.89. The minimum atomic E-state index is -3.78. The fourth-order valence-electron chi connectivity index (χ4n) is 2.08. The molecule has 0 aliphatic rings. The van der Waals surface area contributed by atoms with Crippen LogP contribution in [0.15, 0.2) is 58.5 Å². The molecule has 0 fully saturated rings. The number of ether oxygens (including phenoxy) is 1. The third-order valence-corrected chi connectivity index (χ3v) is 5.43. The predicted octanol–water partition coefficient (Wildman–Crippen LogP) is 1.77. The van der Waals surface area contributed by atoms with Crippen LogP contribution in [0, 0.1) is 6.92 Å². The van der Waals surface area contributed by atoms with Gasteiger partial charge < -0.3 is 4.74 Å². The molecule has 26 heavy (non-hydrogen) atoms. The lowest BCUT2D eigenvalue weighted by molar-refractivity contribution is -0.121. The minimum Gasteiger partial charge on any atom is -0.497 e. The number of likely N-dealkylation sites (N-methyl/N-ethyl adjacent to an activating group) is 1. The molecule has 0 aromatic heterocycles. The number of amides is 1. The van der Waals surface area contributed by atoms with Crippen molar-refractivity contribution in [2.75, 3.05) is 20.7 Å². The van der Waals surface area contributed by atoms with Crippen molar-refractivity contribution in [3.63, 3.8) is 0 Å². The highest BCUT2D eigenvalue weighted by Crippen LogP contribution is 2.18. The van der Waals surface area contributed by atoms with Crippen molar-refractivity contribution >= 4 is 22.1 Å². The van der Waals surface area contributed by atoms with Gasteiger partial charge >= 0.3 is 0 Å². The summed E-state index contributed by atoms with van der Waals surface area (Å²) in [6.45, 7) is 1.63. The zero-order valence-electron chi connectivity index (χ0n) is 14.8. The third-order valence-electron chi connectivity index (χ3n) is 3.61. The number of benzene rings is 2. The molecule has 0 unspecified atom stereocenters. The van der Waals surface area contributed by atoms with Gasteiger partial charge in [-0.3, -0.25) is 4.79 Å². The second-order valence-electron chi connectivity index (χ2n) is 5.64. The Labute approximate surface area is 153 Å². The molecule has 0 radical (unpaired) electrons. The smallest absolute Gasteiger partial charge is 0.255 e. The van der Waals surface area contributed by atoms with E-state index in [2.05, 4.69) is 10.5 Å². The van der Waals surface area contributed by atoms with Gasteiger partial charge in [0.05, 0.1) is 24.8 Å². The average Bonchev–Trinajstić information content (AvgIpc) is 2.63. The van der Waals surface area contributed by atoms with E-state index in [1.165, 1.54) is 32.5 Å². The lowest BCUT2D eigenvalue weighted by atomic mass is 10.2. The second-order valence-corrected chi connectivity index (χ2v) is 7.69. The second kappa shape index (κ2) is 8.59. The van der Waals surface area contributed by atoms with Crippen molar-refractivity contribution in [1.82, 2.24) is 9.73 Å². The van der Waals surface area contributed by atoms with Gasteiger partial charge in [-0.25, -0.2) is 13.8 Å². The summed E-state index contributed by atoms with van der Waals surface area (Å²) in [4.78, 5) is 12.0. The topological polar surface area (TPSA) is 88.1 Å². The average molecular weight is 375 g/mol. The van der Waals surface area contributed by atoms with Gasteiger partial charge in [-0.2, -0.15) is 9.41 Å². The Bertz CT molecular complexity index is 876. The number of carbonyl (C=O) groups excluding carboxylic acids is 1. The summed E-state index contributed by atoms with van der Waals surface area (Å²) in [6, 6.07) is 13.5. The number of nitrogens with one attached hydrogen (secondary N) is 1. The number of hydrazone groups is 1. The van der Waals surface area contributed by atoms with E-state index in [1.807, 2.05) is 31.2 Å². The summed E-state index contributed by atoms with van der Waals surface area (Å²) in [5, 5.41) is 3.84. The maximum absolute atomic E-state index is 12.5. The zero-order valence-corrected chi connectivity index (χ0v) is 15.7. The van der Waals surface area contributed by atoms with E-state index in [1.54, 1.807) is 12.1 Å². The Balaban J connectivity index is 1.95. The SMILES string of the molecule is COc1ccc(S(=O)(=O)N(C)CC(=O)N/N=C\c2ccc(C)cc2)cc1. The molecule has 0 saturated carbocycles. The molecule has 8 heteroatoms. The first-order chi connectivity index (χ1) is 12.3. The lowest BCUT2D eigenvalue weighted by Crippen LogP contribution is -2.36. The van der Waals surface area contributed by atoms with Crippen LogP contribution in [0.4, 0.5) is 0 Å². The molecule has 2 aromatic carbocycles. The first-order valence-electron chi connectivity index (χ1n) is 7.82. The van der Waals surface area contributed by atoms with Crippen LogP contribution in [-0.2, 0) is 14.8 Å². The van der Waals surface area contributed by atoms with Crippen LogP contribution in [0.5, 0.6) is 5.75 Å². The standard InChI is InChI=1S/C18H21N3O4S/c1-14-4-6-15(7-5-14)12-19-20-18(22)13-21(2)26(23,24)17-10-8-16(25-3)9-11-17/h4-12H,13H2,1-3H3,(H,20,22)/b19-12-. The molecule has 0 bridgehead atoms. The van der Waals surface area contributed by atoms with Crippen LogP contribution in [0.3, 0.4) is 0 Å². The van der Waals surface area contributed by atoms with E-state index in [4.69, 9.17) is 4.74 Å². The van der Waals surface area contributed by atoms with Gasteiger partial charge in [-0.15, -0.1) is 0 Å². The molecule has 1 amide bonds. The van der Waals surface area contributed by atoms with Crippen molar-refractivity contribution in [3.05, 3.63) is 59.7 Å². The summed E-state index contributed by atoms with van der Waals surface area (Å²) in [5.74, 6) is 0.0164. The number of nitrogens with zero attached hydrogens (tertiary/aromatic N) is 2. The highest BCUT2D eigenvalue weighted by Gasteiger charge is 2.22. The number of hydrogen-bond acceptors (Lipinski definition) is 5. The minimum absolute atomic E-state index is 0.0803. The van der Waals surface area contributed by atoms with Crippen LogP contribution >= 0.6 is 0 Å². The maximum atomic E-state index is 12.5. The monoisotopic (exact) mass is 375 g/mol. The van der Waals surface area contributed by atoms with Gasteiger partial charge in [-0.05, 0) is 36.8 Å². The molecule has 0 aliphatic carbocycles. The third kappa shape index (κ3) is 5.14. The Morgan fingerprint density at radius 1 is 1.15 bits per heavy atom. The molecule has 0 aliphatic heterocycles. The molecule has 138 valence electrons. The largest absolute Gasteiger partial charge is 0.497 e. The molecule has 0 heterocycles. The van der Waals surface area contributed by atoms with Gasteiger partial charge in [0.15, 0.2) is 0 Å². The summed E-state index contributed by atoms with van der Waals surface area (Å²) < 4.78 is 30.9. The Hall–Kier alpha value is -2.71. The van der Waals surface area contributed by atoms with Gasteiger partial charge in [0.2, 0.25) is 10.0 Å². The number of aryl methyl sites for hydroxylation is 1. The number of sulfonamides is 1. The summed E-state index contributed by atoms with van der Waals surface area (Å²) in [6.07, 6.45) is 1.50. The first-order valence-corrected chi connectivity index (χ1v) is 9.26. The lowest BCUT2D eigenvalue weighted by Gasteiger charge is -2.16. The van der Waals surface area contributed by atoms with Crippen molar-refractivity contribution in [3.8, 4) is 5.75 Å². The fraction of sp³-hybridized carbons (Fsp3) is 0.222. The molecular weight excluding hydrogens is 354 g/mol. The van der Waals surface area contributed by atoms with E-state index in [0.717, 1.165) is 15.4 Å². The van der Waals surface area contributed by atoms with Crippen molar-refractivity contribution in [2.45, 2.75) is 11.8 Å². The Morgan fingerprint density at radius 3 is 2.35 bits per heavy atom. The summed E-state index contributed by atoms with van der Waals surface area (Å²) >= 11 is 0. The van der Waals surface area contributed by atoms with E-state index >= 15 is 0 Å². The molecule has 0 atom stereocenters. The molecule has 0 saturated heterocycles. The summed E-state index contributed by atoms with van der Waals surface area (Å²) in [5.41, 5.74) is 4.27. The Kier molecular flexibility index (Phi) is 6.48. The van der Waals surface area contributed by atoms with Crippen molar-refractivity contribution in [2.24, 2.45) is 5.10 Å². The molecule has 1 N–H and O–H groups in total. The number of rotatable bonds is 7. The van der Waals surface area contributed by atoms with Gasteiger partial charge in [0, 0.05) is 7.05 Å². The molecular formula is C18H21N3O4S. The normalized spacial score (nSPS) is 11.7. The fourth-order valence-corrected chi connectivity index (χ4v) is 3.21. The maximum Gasteiger partial charge on any atom is 0.255 e. The van der Waals surface area contributed by atoms with Gasteiger partial charge in [-0.1, -0.05) is 29.8 Å². The van der Waals surface area contributed by atoms with Crippen LogP contribution in [0.25, 0.3) is 0 Å².